The smallest absolute Gasteiger partial charge is 0.316 e. The summed E-state index contributed by atoms with van der Waals surface area (Å²) in [5, 5.41) is 4.74. The van der Waals surface area contributed by atoms with Crippen molar-refractivity contribution in [3.05, 3.63) is 22.7 Å². The van der Waals surface area contributed by atoms with Crippen molar-refractivity contribution in [2.45, 2.75) is 6.18 Å². The topological polar surface area (TPSA) is 60.3 Å². The van der Waals surface area contributed by atoms with Gasteiger partial charge >= 0.3 is 18.0 Å². The second-order valence-electron chi connectivity index (χ2n) is 3.22. The molecule has 0 fully saturated rings. The molecule has 1 radical (unpaired) electrons. The Morgan fingerprint density at radius 3 is 2.47 bits per heavy atom. The van der Waals surface area contributed by atoms with Crippen molar-refractivity contribution in [3.63, 3.8) is 0 Å². The summed E-state index contributed by atoms with van der Waals surface area (Å²) in [5.41, 5.74) is -1.37. The number of amides is 2. The quantitative estimate of drug-likeness (QED) is 0.729. The minimum absolute atomic E-state index is 0.0902. The van der Waals surface area contributed by atoms with Crippen LogP contribution in [0.15, 0.2) is 12.1 Å². The molecule has 0 spiro atoms. The fourth-order valence-electron chi connectivity index (χ4n) is 1.31. The van der Waals surface area contributed by atoms with Crippen molar-refractivity contribution in [2.24, 2.45) is 0 Å². The highest BCUT2D eigenvalue weighted by molar-refractivity contribution is 6.42. The minimum atomic E-state index is -4.64. The van der Waals surface area contributed by atoms with Crippen LogP contribution in [0.1, 0.15) is 5.56 Å². The fourth-order valence-corrected chi connectivity index (χ4v) is 1.57. The van der Waals surface area contributed by atoms with E-state index in [1.54, 1.807) is 0 Å². The average molecular weight is 264 g/mol. The van der Waals surface area contributed by atoms with Gasteiger partial charge in [0.05, 0.1) is 22.0 Å². The predicted octanol–water partition coefficient (Wildman–Crippen LogP) is 2.07. The third-order valence-electron chi connectivity index (χ3n) is 2.06. The van der Waals surface area contributed by atoms with E-state index in [2.05, 4.69) is 5.32 Å². The molecule has 17 heavy (non-hydrogen) atoms. The Balaban J connectivity index is 2.54. The Kier molecular flexibility index (Phi) is 2.50. The number of nitrogens with one attached hydrogen (secondary N) is 1. The number of anilines is 1. The lowest BCUT2D eigenvalue weighted by Gasteiger charge is -2.18. The standard InChI is InChI=1S/C9H3ClF3N2O2/c10-4-2-6-5(1-3(4)9(11,12)13)14-7(16)8(17)15-6/h1-2H,(H,14,16). The van der Waals surface area contributed by atoms with E-state index in [4.69, 9.17) is 11.6 Å². The van der Waals surface area contributed by atoms with Crippen LogP contribution in [-0.4, -0.2) is 11.8 Å². The van der Waals surface area contributed by atoms with Gasteiger partial charge in [-0.3, -0.25) is 9.59 Å². The largest absolute Gasteiger partial charge is 0.417 e. The SMILES string of the molecule is O=C1[N]c2cc(Cl)c(C(F)(F)F)cc2NC1=O. The van der Waals surface area contributed by atoms with Crippen molar-refractivity contribution in [1.29, 1.82) is 0 Å². The molecule has 89 valence electrons. The van der Waals surface area contributed by atoms with E-state index in [0.717, 1.165) is 6.07 Å². The summed E-state index contributed by atoms with van der Waals surface area (Å²) in [6.45, 7) is 0. The molecule has 0 atom stereocenters. The summed E-state index contributed by atoms with van der Waals surface area (Å²) in [7, 11) is 0. The number of halogens is 4. The van der Waals surface area contributed by atoms with E-state index < -0.39 is 28.6 Å². The van der Waals surface area contributed by atoms with Crippen LogP contribution in [0, 0.1) is 0 Å². The van der Waals surface area contributed by atoms with Crippen LogP contribution < -0.4 is 10.6 Å². The van der Waals surface area contributed by atoms with Crippen LogP contribution in [0.3, 0.4) is 0 Å². The first-order valence-corrected chi connectivity index (χ1v) is 4.64. The Bertz CT molecular complexity index is 528. The second-order valence-corrected chi connectivity index (χ2v) is 3.63. The second kappa shape index (κ2) is 3.63. The average Bonchev–Trinajstić information content (AvgIpc) is 2.18. The number of carbonyl (C=O) groups excluding carboxylic acids is 2. The number of rotatable bonds is 0. The van der Waals surface area contributed by atoms with Crippen molar-refractivity contribution < 1.29 is 22.8 Å². The lowest BCUT2D eigenvalue weighted by atomic mass is 10.1. The zero-order chi connectivity index (χ0) is 12.8. The van der Waals surface area contributed by atoms with Crippen LogP contribution in [-0.2, 0) is 15.8 Å². The lowest BCUT2D eigenvalue weighted by Crippen LogP contribution is -2.33. The van der Waals surface area contributed by atoms with E-state index in [0.29, 0.717) is 6.07 Å². The third kappa shape index (κ3) is 2.05. The van der Waals surface area contributed by atoms with E-state index in [9.17, 15) is 22.8 Å². The molecule has 1 aliphatic rings. The molecule has 0 aliphatic carbocycles. The molecule has 1 aromatic carbocycles. The number of carbonyl (C=O) groups is 2. The molecule has 0 aromatic heterocycles. The van der Waals surface area contributed by atoms with Crippen molar-refractivity contribution in [1.82, 2.24) is 5.32 Å². The Labute approximate surface area is 97.7 Å². The molecule has 2 rings (SSSR count). The zero-order valence-electron chi connectivity index (χ0n) is 7.93. The van der Waals surface area contributed by atoms with Gasteiger partial charge in [-0.1, -0.05) is 11.6 Å². The molecular formula is C9H3ClF3N2O2. The van der Waals surface area contributed by atoms with Gasteiger partial charge in [-0.25, -0.2) is 5.32 Å². The molecular weight excluding hydrogens is 261 g/mol. The molecule has 1 aromatic rings. The first-order chi connectivity index (χ1) is 7.79. The molecule has 1 N–H and O–H groups in total. The lowest BCUT2D eigenvalue weighted by molar-refractivity contribution is -0.137. The van der Waals surface area contributed by atoms with Crippen LogP contribution in [0.25, 0.3) is 0 Å². The molecule has 0 unspecified atom stereocenters. The summed E-state index contributed by atoms with van der Waals surface area (Å²) in [6.07, 6.45) is -4.64. The number of nitrogens with zero attached hydrogens (tertiary/aromatic N) is 1. The van der Waals surface area contributed by atoms with Gasteiger partial charge in [0.15, 0.2) is 0 Å². The highest BCUT2D eigenvalue weighted by Crippen LogP contribution is 2.40. The van der Waals surface area contributed by atoms with Crippen molar-refractivity contribution in [3.8, 4) is 0 Å². The molecule has 0 saturated heterocycles. The van der Waals surface area contributed by atoms with Gasteiger partial charge in [-0.2, -0.15) is 13.2 Å². The first-order valence-electron chi connectivity index (χ1n) is 4.27. The molecule has 2 amide bonds. The van der Waals surface area contributed by atoms with Gasteiger partial charge in [0, 0.05) is 0 Å². The van der Waals surface area contributed by atoms with E-state index in [-0.39, 0.29) is 11.4 Å². The van der Waals surface area contributed by atoms with Crippen molar-refractivity contribution >= 4 is 34.8 Å². The normalized spacial score (nSPS) is 15.1. The molecule has 0 saturated carbocycles. The monoisotopic (exact) mass is 263 g/mol. The number of fused-ring (bicyclic) bond motifs is 1. The summed E-state index contributed by atoms with van der Waals surface area (Å²) >= 11 is 5.43. The maximum atomic E-state index is 12.5. The Morgan fingerprint density at radius 1 is 1.24 bits per heavy atom. The number of alkyl halides is 3. The molecule has 1 aliphatic heterocycles. The van der Waals surface area contributed by atoms with Crippen LogP contribution in [0.4, 0.5) is 24.5 Å². The van der Waals surface area contributed by atoms with Gasteiger partial charge in [0.2, 0.25) is 0 Å². The third-order valence-corrected chi connectivity index (χ3v) is 2.37. The number of hydrogen-bond donors (Lipinski definition) is 1. The Morgan fingerprint density at radius 2 is 1.88 bits per heavy atom. The number of hydrogen-bond acceptors (Lipinski definition) is 2. The van der Waals surface area contributed by atoms with Crippen LogP contribution in [0.2, 0.25) is 5.02 Å². The van der Waals surface area contributed by atoms with E-state index >= 15 is 0 Å². The van der Waals surface area contributed by atoms with Gasteiger partial charge in [0.25, 0.3) is 0 Å². The molecule has 0 bridgehead atoms. The summed E-state index contributed by atoms with van der Waals surface area (Å²) in [6, 6.07) is 1.53. The highest BCUT2D eigenvalue weighted by atomic mass is 35.5. The van der Waals surface area contributed by atoms with Crippen LogP contribution >= 0.6 is 11.6 Å². The van der Waals surface area contributed by atoms with Crippen molar-refractivity contribution in [2.75, 3.05) is 5.32 Å². The molecule has 8 heteroatoms. The number of benzene rings is 1. The summed E-state index contributed by atoms with van der Waals surface area (Å²) in [4.78, 5) is 21.8. The van der Waals surface area contributed by atoms with Crippen LogP contribution in [0.5, 0.6) is 0 Å². The highest BCUT2D eigenvalue weighted by Gasteiger charge is 2.36. The van der Waals surface area contributed by atoms with Gasteiger partial charge in [-0.15, -0.1) is 0 Å². The molecule has 4 nitrogen and oxygen atoms in total. The summed E-state index contributed by atoms with van der Waals surface area (Å²) in [5.74, 6) is -2.15. The minimum Gasteiger partial charge on any atom is -0.316 e. The first kappa shape index (κ1) is 11.7. The van der Waals surface area contributed by atoms with E-state index in [1.165, 1.54) is 0 Å². The Hall–Kier alpha value is -1.76. The fraction of sp³-hybridized carbons (Fsp3) is 0.111. The van der Waals surface area contributed by atoms with E-state index in [1.807, 2.05) is 5.32 Å². The van der Waals surface area contributed by atoms with Gasteiger partial charge < -0.3 is 5.32 Å². The van der Waals surface area contributed by atoms with Gasteiger partial charge in [0.1, 0.15) is 0 Å². The predicted molar refractivity (Wildman–Crippen MR) is 51.9 cm³/mol. The maximum Gasteiger partial charge on any atom is 0.417 e. The summed E-state index contributed by atoms with van der Waals surface area (Å²) < 4.78 is 37.5. The zero-order valence-corrected chi connectivity index (χ0v) is 8.69. The molecule has 1 heterocycles. The van der Waals surface area contributed by atoms with Gasteiger partial charge in [-0.05, 0) is 12.1 Å². The maximum absolute atomic E-state index is 12.5.